The summed E-state index contributed by atoms with van der Waals surface area (Å²) in [6.07, 6.45) is 0. The topological polar surface area (TPSA) is 35.1 Å². The molecule has 0 aliphatic carbocycles. The van der Waals surface area contributed by atoms with Gasteiger partial charge in [0, 0.05) is 16.3 Å². The molecule has 0 amide bonds. The molecule has 16 heavy (non-hydrogen) atoms. The van der Waals surface area contributed by atoms with E-state index in [9.17, 15) is 4.55 Å². The average molecular weight is 257 g/mol. The third kappa shape index (κ3) is 4.01. The number of benzene rings is 1. The minimum absolute atomic E-state index is 0.235. The van der Waals surface area contributed by atoms with Gasteiger partial charge in [-0.15, -0.1) is 17.4 Å². The predicted octanol–water partition coefficient (Wildman–Crippen LogP) is 2.84. The number of hydrogen-bond donors (Lipinski definition) is 2. The number of hydrogen-bond acceptors (Lipinski definition) is 3. The highest BCUT2D eigenvalue weighted by atomic mass is 32.2. The Morgan fingerprint density at radius 3 is 2.50 bits per heavy atom. The first-order chi connectivity index (χ1) is 7.30. The molecule has 2 nitrogen and oxygen atoms in total. The van der Waals surface area contributed by atoms with Crippen LogP contribution in [-0.2, 0) is 17.9 Å². The lowest BCUT2D eigenvalue weighted by molar-refractivity contribution is 0.543. The van der Waals surface area contributed by atoms with Gasteiger partial charge in [-0.25, -0.2) is 0 Å². The molecule has 0 aliphatic rings. The maximum Gasteiger partial charge on any atom is 0.136 e. The molecule has 1 aromatic carbocycles. The second-order valence-corrected chi connectivity index (χ2v) is 7.37. The molecule has 0 spiro atoms. The maximum atomic E-state index is 11.8. The van der Waals surface area contributed by atoms with Crippen LogP contribution in [0.25, 0.3) is 0 Å². The summed E-state index contributed by atoms with van der Waals surface area (Å²) in [5.41, 5.74) is 2.26. The van der Waals surface area contributed by atoms with Crippen molar-refractivity contribution in [2.75, 3.05) is 0 Å². The Labute approximate surface area is 107 Å². The van der Waals surface area contributed by atoms with Crippen molar-refractivity contribution in [3.8, 4) is 0 Å². The van der Waals surface area contributed by atoms with Crippen LogP contribution in [0.1, 0.15) is 31.9 Å². The van der Waals surface area contributed by atoms with Crippen molar-refractivity contribution in [1.82, 2.24) is 4.72 Å². The molecule has 0 aliphatic heterocycles. The van der Waals surface area contributed by atoms with E-state index in [2.05, 4.69) is 17.4 Å². The Morgan fingerprint density at radius 2 is 2.00 bits per heavy atom. The molecule has 1 atom stereocenters. The number of thiol groups is 1. The molecule has 0 fully saturated rings. The molecule has 0 aromatic heterocycles. The van der Waals surface area contributed by atoms with E-state index in [1.807, 2.05) is 45.9 Å². The first kappa shape index (κ1) is 13.9. The van der Waals surface area contributed by atoms with E-state index in [1.54, 1.807) is 0 Å². The third-order valence-corrected chi connectivity index (χ3v) is 4.13. The standard InChI is InChI=1S/C12H19NOS2/c1-9-5-6-10(11(15)7-9)8-13-16(14)12(2,3)4/h5-7,13,15H,8H2,1-4H3. The van der Waals surface area contributed by atoms with E-state index < -0.39 is 11.4 Å². The number of aryl methyl sites for hydroxylation is 1. The smallest absolute Gasteiger partial charge is 0.136 e. The highest BCUT2D eigenvalue weighted by molar-refractivity contribution is 7.90. The first-order valence-corrected chi connectivity index (χ1v) is 6.84. The second kappa shape index (κ2) is 5.45. The van der Waals surface area contributed by atoms with Gasteiger partial charge < -0.3 is 4.55 Å². The van der Waals surface area contributed by atoms with Gasteiger partial charge in [0.25, 0.3) is 0 Å². The van der Waals surface area contributed by atoms with Crippen molar-refractivity contribution in [2.24, 2.45) is 0 Å². The molecule has 1 aromatic rings. The summed E-state index contributed by atoms with van der Waals surface area (Å²) in [5.74, 6) is 0. The van der Waals surface area contributed by atoms with Crippen molar-refractivity contribution >= 4 is 24.0 Å². The van der Waals surface area contributed by atoms with Crippen LogP contribution < -0.4 is 4.72 Å². The third-order valence-electron chi connectivity index (χ3n) is 2.19. The number of rotatable bonds is 3. The summed E-state index contributed by atoms with van der Waals surface area (Å²) < 4.78 is 14.6. The van der Waals surface area contributed by atoms with Gasteiger partial charge in [0.15, 0.2) is 0 Å². The quantitative estimate of drug-likeness (QED) is 0.645. The Bertz CT molecular complexity index is 361. The summed E-state index contributed by atoms with van der Waals surface area (Å²) in [4.78, 5) is 0.943. The minimum Gasteiger partial charge on any atom is -0.598 e. The average Bonchev–Trinajstić information content (AvgIpc) is 2.14. The minimum atomic E-state index is -1.04. The SMILES string of the molecule is Cc1ccc(CN[S+]([O-])C(C)(C)C)c(S)c1. The van der Waals surface area contributed by atoms with E-state index in [0.717, 1.165) is 10.5 Å². The Balaban J connectivity index is 2.62. The van der Waals surface area contributed by atoms with Crippen LogP contribution in [0.4, 0.5) is 0 Å². The zero-order valence-electron chi connectivity index (χ0n) is 10.2. The van der Waals surface area contributed by atoms with Gasteiger partial charge in [-0.3, -0.25) is 0 Å². The van der Waals surface area contributed by atoms with Crippen LogP contribution in [0, 0.1) is 6.92 Å². The van der Waals surface area contributed by atoms with E-state index in [1.165, 1.54) is 5.56 Å². The van der Waals surface area contributed by atoms with Crippen LogP contribution >= 0.6 is 12.6 Å². The van der Waals surface area contributed by atoms with Crippen LogP contribution in [-0.4, -0.2) is 9.30 Å². The Hall–Kier alpha value is -0.160. The molecule has 90 valence electrons. The summed E-state index contributed by atoms with van der Waals surface area (Å²) in [7, 11) is 0. The number of nitrogens with one attached hydrogen (secondary N) is 1. The van der Waals surface area contributed by atoms with Gasteiger partial charge in [-0.05, 0) is 39.3 Å². The Kier molecular flexibility index (Phi) is 4.73. The molecule has 1 N–H and O–H groups in total. The van der Waals surface area contributed by atoms with Crippen molar-refractivity contribution in [1.29, 1.82) is 0 Å². The molecular formula is C12H19NOS2. The first-order valence-electron chi connectivity index (χ1n) is 5.24. The van der Waals surface area contributed by atoms with Crippen molar-refractivity contribution in [3.05, 3.63) is 29.3 Å². The lowest BCUT2D eigenvalue weighted by atomic mass is 10.1. The van der Waals surface area contributed by atoms with Crippen LogP contribution in [0.3, 0.4) is 0 Å². The molecule has 0 saturated heterocycles. The summed E-state index contributed by atoms with van der Waals surface area (Å²) >= 11 is 3.37. The van der Waals surface area contributed by atoms with Crippen LogP contribution in [0.2, 0.25) is 0 Å². The second-order valence-electron chi connectivity index (χ2n) is 4.83. The summed E-state index contributed by atoms with van der Waals surface area (Å²) in [6.45, 7) is 8.47. The fraction of sp³-hybridized carbons (Fsp3) is 0.500. The van der Waals surface area contributed by atoms with Crippen molar-refractivity contribution < 1.29 is 4.55 Å². The maximum absolute atomic E-state index is 11.8. The summed E-state index contributed by atoms with van der Waals surface area (Å²) in [6, 6.07) is 6.07. The predicted molar refractivity (Wildman–Crippen MR) is 73.2 cm³/mol. The normalized spacial score (nSPS) is 13.9. The lowest BCUT2D eigenvalue weighted by Crippen LogP contribution is -2.39. The Morgan fingerprint density at radius 1 is 1.38 bits per heavy atom. The molecule has 0 radical (unpaired) electrons. The van der Waals surface area contributed by atoms with Gasteiger partial charge in [0.1, 0.15) is 4.75 Å². The zero-order chi connectivity index (χ0) is 12.3. The van der Waals surface area contributed by atoms with E-state index in [4.69, 9.17) is 0 Å². The van der Waals surface area contributed by atoms with E-state index in [0.29, 0.717) is 6.54 Å². The summed E-state index contributed by atoms with van der Waals surface area (Å²) in [5, 5.41) is 0. The molecule has 4 heteroatoms. The van der Waals surface area contributed by atoms with Crippen molar-refractivity contribution in [2.45, 2.75) is 43.9 Å². The molecule has 1 unspecified atom stereocenters. The van der Waals surface area contributed by atoms with Crippen LogP contribution in [0.15, 0.2) is 23.1 Å². The van der Waals surface area contributed by atoms with Gasteiger partial charge in [0.2, 0.25) is 0 Å². The molecule has 1 rings (SSSR count). The molecule has 0 bridgehead atoms. The fourth-order valence-corrected chi connectivity index (χ4v) is 2.26. The van der Waals surface area contributed by atoms with Crippen molar-refractivity contribution in [3.63, 3.8) is 0 Å². The van der Waals surface area contributed by atoms with Gasteiger partial charge in [-0.1, -0.05) is 17.7 Å². The largest absolute Gasteiger partial charge is 0.598 e. The molecule has 0 saturated carbocycles. The van der Waals surface area contributed by atoms with Crippen LogP contribution in [0.5, 0.6) is 0 Å². The molecule has 0 heterocycles. The zero-order valence-corrected chi connectivity index (χ0v) is 11.9. The van der Waals surface area contributed by atoms with Gasteiger partial charge >= 0.3 is 0 Å². The van der Waals surface area contributed by atoms with E-state index in [-0.39, 0.29) is 4.75 Å². The fourth-order valence-electron chi connectivity index (χ4n) is 1.18. The van der Waals surface area contributed by atoms with Gasteiger partial charge in [0.05, 0.1) is 6.54 Å². The van der Waals surface area contributed by atoms with E-state index >= 15 is 0 Å². The highest BCUT2D eigenvalue weighted by Gasteiger charge is 2.26. The molecular weight excluding hydrogens is 238 g/mol. The monoisotopic (exact) mass is 257 g/mol. The highest BCUT2D eigenvalue weighted by Crippen LogP contribution is 2.18. The van der Waals surface area contributed by atoms with Gasteiger partial charge in [-0.2, -0.15) is 0 Å². The lowest BCUT2D eigenvalue weighted by Gasteiger charge is -2.23.